The van der Waals surface area contributed by atoms with Crippen LogP contribution in [0.1, 0.15) is 74.5 Å². The topological polar surface area (TPSA) is 55.4 Å². The predicted molar refractivity (Wildman–Crippen MR) is 113 cm³/mol. The van der Waals surface area contributed by atoms with Crippen LogP contribution in [0, 0.1) is 5.92 Å². The van der Waals surface area contributed by atoms with E-state index < -0.39 is 0 Å². The van der Waals surface area contributed by atoms with Gasteiger partial charge >= 0.3 is 0 Å². The molecule has 0 aromatic heterocycles. The molecule has 4 heteroatoms. The van der Waals surface area contributed by atoms with Gasteiger partial charge in [0.15, 0.2) is 12.4 Å². The van der Waals surface area contributed by atoms with Crippen LogP contribution in [-0.2, 0) is 4.79 Å². The molecule has 1 amide bonds. The quantitative estimate of drug-likeness (QED) is 0.600. The van der Waals surface area contributed by atoms with Crippen molar-refractivity contribution in [1.82, 2.24) is 5.32 Å². The third kappa shape index (κ3) is 5.95. The number of ketones is 1. The number of carbonyl (C=O) groups is 2. The third-order valence-corrected chi connectivity index (χ3v) is 4.81. The van der Waals surface area contributed by atoms with E-state index in [2.05, 4.69) is 57.3 Å². The second-order valence-corrected chi connectivity index (χ2v) is 7.70. The predicted octanol–water partition coefficient (Wildman–Crippen LogP) is 5.30. The fourth-order valence-corrected chi connectivity index (χ4v) is 3.03. The number of nitrogens with one attached hydrogen (secondary N) is 1. The van der Waals surface area contributed by atoms with E-state index in [9.17, 15) is 9.59 Å². The summed E-state index contributed by atoms with van der Waals surface area (Å²) in [5.41, 5.74) is 3.03. The first-order chi connectivity index (χ1) is 13.3. The summed E-state index contributed by atoms with van der Waals surface area (Å²) < 4.78 is 5.58. The molecule has 1 N–H and O–H groups in total. The van der Waals surface area contributed by atoms with Crippen molar-refractivity contribution < 1.29 is 14.3 Å². The molecule has 0 saturated carbocycles. The minimum atomic E-state index is -0.166. The third-order valence-electron chi connectivity index (χ3n) is 4.81. The molecule has 1 atom stereocenters. The van der Waals surface area contributed by atoms with E-state index in [1.165, 1.54) is 5.56 Å². The van der Waals surface area contributed by atoms with Crippen molar-refractivity contribution in [1.29, 1.82) is 0 Å². The summed E-state index contributed by atoms with van der Waals surface area (Å²) in [6.07, 6.45) is 0.470. The van der Waals surface area contributed by atoms with E-state index in [1.807, 2.05) is 6.92 Å². The standard InChI is InChI=1S/C24H31NO3/c1-6-22(26)19-11-13-21(14-12-19)28-15-23(27)25-24(17(4)5)20-9-7-18(8-10-20)16(2)3/h7-14,16-17,24H,6,15H2,1-5H3,(H,25,27)/t24-/m0/s1. The van der Waals surface area contributed by atoms with E-state index in [4.69, 9.17) is 4.74 Å². The number of rotatable bonds is 9. The Hall–Kier alpha value is -2.62. The number of benzene rings is 2. The fourth-order valence-electron chi connectivity index (χ4n) is 3.03. The Labute approximate surface area is 168 Å². The average Bonchev–Trinajstić information content (AvgIpc) is 2.70. The highest BCUT2D eigenvalue weighted by atomic mass is 16.5. The molecule has 2 aromatic carbocycles. The van der Waals surface area contributed by atoms with Crippen molar-refractivity contribution in [3.05, 3.63) is 65.2 Å². The van der Waals surface area contributed by atoms with Crippen LogP contribution in [0.2, 0.25) is 0 Å². The zero-order chi connectivity index (χ0) is 20.7. The molecule has 0 aliphatic rings. The van der Waals surface area contributed by atoms with Crippen molar-refractivity contribution in [2.45, 2.75) is 53.0 Å². The van der Waals surface area contributed by atoms with Crippen LogP contribution in [0.5, 0.6) is 5.75 Å². The van der Waals surface area contributed by atoms with E-state index in [1.54, 1.807) is 24.3 Å². The van der Waals surface area contributed by atoms with Crippen molar-refractivity contribution >= 4 is 11.7 Å². The summed E-state index contributed by atoms with van der Waals surface area (Å²) in [7, 11) is 0. The van der Waals surface area contributed by atoms with E-state index in [-0.39, 0.29) is 30.3 Å². The maximum absolute atomic E-state index is 12.4. The lowest BCUT2D eigenvalue weighted by molar-refractivity contribution is -0.124. The number of amides is 1. The number of carbonyl (C=O) groups excluding carboxylic acids is 2. The highest BCUT2D eigenvalue weighted by Gasteiger charge is 2.19. The monoisotopic (exact) mass is 381 g/mol. The first kappa shape index (κ1) is 21.7. The summed E-state index contributed by atoms with van der Waals surface area (Å²) in [5, 5.41) is 3.07. The van der Waals surface area contributed by atoms with E-state index >= 15 is 0 Å². The van der Waals surface area contributed by atoms with Crippen LogP contribution in [0.3, 0.4) is 0 Å². The van der Waals surface area contributed by atoms with Crippen LogP contribution in [-0.4, -0.2) is 18.3 Å². The Morgan fingerprint density at radius 1 is 0.893 bits per heavy atom. The summed E-state index contributed by atoms with van der Waals surface area (Å²) in [5.74, 6) is 1.24. The summed E-state index contributed by atoms with van der Waals surface area (Å²) in [4.78, 5) is 24.1. The van der Waals surface area contributed by atoms with Crippen molar-refractivity contribution in [3.63, 3.8) is 0 Å². The number of hydrogen-bond acceptors (Lipinski definition) is 3. The highest BCUT2D eigenvalue weighted by Crippen LogP contribution is 2.24. The number of hydrogen-bond donors (Lipinski definition) is 1. The number of Topliss-reactive ketones (excluding diaryl/α,β-unsaturated/α-hetero) is 1. The van der Waals surface area contributed by atoms with Gasteiger partial charge in [-0.25, -0.2) is 0 Å². The van der Waals surface area contributed by atoms with Crippen LogP contribution < -0.4 is 10.1 Å². The van der Waals surface area contributed by atoms with Crippen LogP contribution in [0.4, 0.5) is 0 Å². The Balaban J connectivity index is 1.96. The van der Waals surface area contributed by atoms with Gasteiger partial charge in [0.25, 0.3) is 5.91 Å². The number of ether oxygens (including phenoxy) is 1. The zero-order valence-corrected chi connectivity index (χ0v) is 17.5. The molecule has 0 aliphatic carbocycles. The molecule has 0 spiro atoms. The van der Waals surface area contributed by atoms with Gasteiger partial charge in [0.05, 0.1) is 6.04 Å². The Kier molecular flexibility index (Phi) is 7.80. The minimum Gasteiger partial charge on any atom is -0.484 e. The van der Waals surface area contributed by atoms with Crippen LogP contribution >= 0.6 is 0 Å². The van der Waals surface area contributed by atoms with Gasteiger partial charge in [-0.3, -0.25) is 9.59 Å². The molecule has 150 valence electrons. The Morgan fingerprint density at radius 2 is 1.46 bits per heavy atom. The van der Waals surface area contributed by atoms with Gasteiger partial charge < -0.3 is 10.1 Å². The molecule has 0 fully saturated rings. The van der Waals surface area contributed by atoms with Gasteiger partial charge in [-0.15, -0.1) is 0 Å². The highest BCUT2D eigenvalue weighted by molar-refractivity contribution is 5.95. The zero-order valence-electron chi connectivity index (χ0n) is 17.5. The van der Waals surface area contributed by atoms with Gasteiger partial charge in [-0.1, -0.05) is 58.9 Å². The van der Waals surface area contributed by atoms with Crippen molar-refractivity contribution in [2.75, 3.05) is 6.61 Å². The smallest absolute Gasteiger partial charge is 0.258 e. The molecule has 0 aliphatic heterocycles. The lowest BCUT2D eigenvalue weighted by Gasteiger charge is -2.23. The van der Waals surface area contributed by atoms with Crippen molar-refractivity contribution in [2.24, 2.45) is 5.92 Å². The SMILES string of the molecule is CCC(=O)c1ccc(OCC(=O)N[C@H](c2ccc(C(C)C)cc2)C(C)C)cc1. The van der Waals surface area contributed by atoms with Gasteiger partial charge in [0, 0.05) is 12.0 Å². The second-order valence-electron chi connectivity index (χ2n) is 7.70. The largest absolute Gasteiger partial charge is 0.484 e. The van der Waals surface area contributed by atoms with E-state index in [0.29, 0.717) is 23.7 Å². The molecular weight excluding hydrogens is 350 g/mol. The minimum absolute atomic E-state index is 0.0611. The van der Waals surface area contributed by atoms with Gasteiger partial charge in [0.2, 0.25) is 0 Å². The van der Waals surface area contributed by atoms with Gasteiger partial charge in [-0.05, 0) is 47.2 Å². The average molecular weight is 382 g/mol. The molecule has 0 radical (unpaired) electrons. The van der Waals surface area contributed by atoms with Crippen LogP contribution in [0.25, 0.3) is 0 Å². The first-order valence-corrected chi connectivity index (χ1v) is 9.97. The summed E-state index contributed by atoms with van der Waals surface area (Å²) >= 11 is 0. The molecular formula is C24H31NO3. The maximum Gasteiger partial charge on any atom is 0.258 e. The summed E-state index contributed by atoms with van der Waals surface area (Å²) in [6, 6.07) is 15.3. The molecule has 0 saturated heterocycles. The molecule has 2 aromatic rings. The fraction of sp³-hybridized carbons (Fsp3) is 0.417. The van der Waals surface area contributed by atoms with E-state index in [0.717, 1.165) is 5.56 Å². The molecule has 0 heterocycles. The maximum atomic E-state index is 12.4. The molecule has 2 rings (SSSR count). The normalized spacial score (nSPS) is 12.1. The van der Waals surface area contributed by atoms with Gasteiger partial charge in [-0.2, -0.15) is 0 Å². The molecule has 0 unspecified atom stereocenters. The Bertz CT molecular complexity index is 777. The van der Waals surface area contributed by atoms with Gasteiger partial charge in [0.1, 0.15) is 5.75 Å². The molecule has 4 nitrogen and oxygen atoms in total. The lowest BCUT2D eigenvalue weighted by Crippen LogP contribution is -2.35. The lowest BCUT2D eigenvalue weighted by atomic mass is 9.93. The van der Waals surface area contributed by atoms with Crippen molar-refractivity contribution in [3.8, 4) is 5.75 Å². The Morgan fingerprint density at radius 3 is 1.96 bits per heavy atom. The first-order valence-electron chi connectivity index (χ1n) is 9.97. The summed E-state index contributed by atoms with van der Waals surface area (Å²) in [6.45, 7) is 10.3. The second kappa shape index (κ2) is 10.1. The molecule has 0 bridgehead atoms. The van der Waals surface area contributed by atoms with Crippen LogP contribution in [0.15, 0.2) is 48.5 Å². The molecule has 28 heavy (non-hydrogen) atoms.